The van der Waals surface area contributed by atoms with E-state index < -0.39 is 11.7 Å². The maximum Gasteiger partial charge on any atom is 0.250 e. The van der Waals surface area contributed by atoms with Crippen LogP contribution in [0.25, 0.3) is 0 Å². The first kappa shape index (κ1) is 14.2. The van der Waals surface area contributed by atoms with Crippen molar-refractivity contribution in [2.75, 3.05) is 25.1 Å². The number of rotatable bonds is 4. The lowest BCUT2D eigenvalue weighted by Crippen LogP contribution is -2.18. The molecule has 0 unspecified atom stereocenters. The van der Waals surface area contributed by atoms with Crippen molar-refractivity contribution in [1.82, 2.24) is 0 Å². The first-order valence-corrected chi connectivity index (χ1v) is 5.53. The average molecular weight is 250 g/mol. The van der Waals surface area contributed by atoms with Crippen molar-refractivity contribution in [3.05, 3.63) is 29.6 Å². The van der Waals surface area contributed by atoms with E-state index in [1.165, 1.54) is 12.1 Å². The van der Waals surface area contributed by atoms with Gasteiger partial charge in [0.25, 0.3) is 0 Å². The molecule has 1 aromatic rings. The number of carbonyl (C=O) groups excluding carboxylic acids is 1. The van der Waals surface area contributed by atoms with Gasteiger partial charge in [0.2, 0.25) is 5.91 Å². The molecule has 0 radical (unpaired) electrons. The summed E-state index contributed by atoms with van der Waals surface area (Å²) >= 11 is 0. The Kier molecular flexibility index (Phi) is 5.85. The molecule has 0 saturated carbocycles. The zero-order valence-electron chi connectivity index (χ0n) is 10.1. The third-order valence-corrected chi connectivity index (χ3v) is 2.02. The van der Waals surface area contributed by atoms with Gasteiger partial charge in [-0.2, -0.15) is 0 Å². The van der Waals surface area contributed by atoms with Crippen LogP contribution in [0.3, 0.4) is 0 Å². The Balaban J connectivity index is 2.70. The SMILES string of the molecule is CCOCC(=O)Nc1ccc(C#CCN)cc1F. The van der Waals surface area contributed by atoms with Crippen LogP contribution >= 0.6 is 0 Å². The molecule has 3 N–H and O–H groups in total. The summed E-state index contributed by atoms with van der Waals surface area (Å²) in [5.41, 5.74) is 5.84. The molecule has 18 heavy (non-hydrogen) atoms. The predicted molar refractivity (Wildman–Crippen MR) is 67.5 cm³/mol. The van der Waals surface area contributed by atoms with E-state index in [0.717, 1.165) is 0 Å². The number of carbonyl (C=O) groups is 1. The molecule has 0 spiro atoms. The predicted octanol–water partition coefficient (Wildman–Crippen LogP) is 1.11. The number of benzene rings is 1. The van der Waals surface area contributed by atoms with Crippen molar-refractivity contribution < 1.29 is 13.9 Å². The molecule has 0 bridgehead atoms. The molecule has 0 fully saturated rings. The maximum atomic E-state index is 13.6. The Hall–Kier alpha value is -1.90. The first-order valence-electron chi connectivity index (χ1n) is 5.53. The van der Waals surface area contributed by atoms with E-state index in [2.05, 4.69) is 17.2 Å². The molecule has 0 aromatic heterocycles. The molecule has 1 amide bonds. The highest BCUT2D eigenvalue weighted by Crippen LogP contribution is 2.15. The van der Waals surface area contributed by atoms with Crippen LogP contribution in [0.1, 0.15) is 12.5 Å². The molecular formula is C13H15FN2O2. The van der Waals surface area contributed by atoms with Crippen LogP contribution in [0.15, 0.2) is 18.2 Å². The number of hydrogen-bond donors (Lipinski definition) is 2. The number of halogens is 1. The van der Waals surface area contributed by atoms with Gasteiger partial charge in [0, 0.05) is 12.2 Å². The smallest absolute Gasteiger partial charge is 0.250 e. The third-order valence-electron chi connectivity index (χ3n) is 2.02. The van der Waals surface area contributed by atoms with Crippen LogP contribution in [-0.2, 0) is 9.53 Å². The summed E-state index contributed by atoms with van der Waals surface area (Å²) in [6, 6.07) is 4.32. The molecular weight excluding hydrogens is 235 g/mol. The minimum Gasteiger partial charge on any atom is -0.372 e. The number of amides is 1. The quantitative estimate of drug-likeness (QED) is 0.787. The molecule has 0 aliphatic carbocycles. The van der Waals surface area contributed by atoms with Gasteiger partial charge in [0.05, 0.1) is 12.2 Å². The van der Waals surface area contributed by atoms with Gasteiger partial charge in [-0.25, -0.2) is 4.39 Å². The number of nitrogens with two attached hydrogens (primary N) is 1. The summed E-state index contributed by atoms with van der Waals surface area (Å²) in [5.74, 6) is 4.40. The summed E-state index contributed by atoms with van der Waals surface area (Å²) < 4.78 is 18.5. The molecule has 96 valence electrons. The lowest BCUT2D eigenvalue weighted by molar-refractivity contribution is -0.120. The van der Waals surface area contributed by atoms with Crippen LogP contribution in [0.5, 0.6) is 0 Å². The summed E-state index contributed by atoms with van der Waals surface area (Å²) in [6.45, 7) is 2.33. The van der Waals surface area contributed by atoms with Gasteiger partial charge in [0.1, 0.15) is 12.4 Å². The fourth-order valence-corrected chi connectivity index (χ4v) is 1.23. The normalized spacial score (nSPS) is 9.50. The van der Waals surface area contributed by atoms with Crippen LogP contribution < -0.4 is 11.1 Å². The van der Waals surface area contributed by atoms with Gasteiger partial charge >= 0.3 is 0 Å². The Morgan fingerprint density at radius 1 is 1.56 bits per heavy atom. The molecule has 0 heterocycles. The van der Waals surface area contributed by atoms with Gasteiger partial charge in [-0.05, 0) is 25.1 Å². The standard InChI is InChI=1S/C13H15FN2O2/c1-2-18-9-13(17)16-12-6-5-10(4-3-7-15)8-11(12)14/h5-6,8H,2,7,9,15H2,1H3,(H,16,17). The van der Waals surface area contributed by atoms with Crippen LogP contribution in [0.2, 0.25) is 0 Å². The minimum absolute atomic E-state index is 0.0926. The molecule has 4 nitrogen and oxygen atoms in total. The summed E-state index contributed by atoms with van der Waals surface area (Å²) in [4.78, 5) is 11.3. The highest BCUT2D eigenvalue weighted by molar-refractivity contribution is 5.91. The Bertz CT molecular complexity index is 478. The van der Waals surface area contributed by atoms with Gasteiger partial charge in [0.15, 0.2) is 0 Å². The zero-order valence-corrected chi connectivity index (χ0v) is 10.1. The minimum atomic E-state index is -0.538. The third kappa shape index (κ3) is 4.53. The van der Waals surface area contributed by atoms with E-state index in [-0.39, 0.29) is 18.8 Å². The van der Waals surface area contributed by atoms with Gasteiger partial charge < -0.3 is 15.8 Å². The molecule has 0 aliphatic heterocycles. The van der Waals surface area contributed by atoms with Gasteiger partial charge in [-0.3, -0.25) is 4.79 Å². The summed E-state index contributed by atoms with van der Waals surface area (Å²) in [6.07, 6.45) is 0. The number of nitrogens with one attached hydrogen (secondary N) is 1. The average Bonchev–Trinajstić information content (AvgIpc) is 2.36. The second kappa shape index (κ2) is 7.43. The lowest BCUT2D eigenvalue weighted by Gasteiger charge is -2.06. The van der Waals surface area contributed by atoms with Gasteiger partial charge in [-0.1, -0.05) is 11.8 Å². The summed E-state index contributed by atoms with van der Waals surface area (Å²) in [5, 5.41) is 2.42. The fraction of sp³-hybridized carbons (Fsp3) is 0.308. The van der Waals surface area contributed by atoms with Crippen molar-refractivity contribution in [3.63, 3.8) is 0 Å². The van der Waals surface area contributed by atoms with Crippen molar-refractivity contribution in [2.45, 2.75) is 6.92 Å². The molecule has 5 heteroatoms. The van der Waals surface area contributed by atoms with Crippen molar-refractivity contribution >= 4 is 11.6 Å². The zero-order chi connectivity index (χ0) is 13.4. The Morgan fingerprint density at radius 3 is 2.94 bits per heavy atom. The number of anilines is 1. The second-order valence-corrected chi connectivity index (χ2v) is 3.39. The van der Waals surface area contributed by atoms with E-state index >= 15 is 0 Å². The molecule has 0 saturated heterocycles. The van der Waals surface area contributed by atoms with Gasteiger partial charge in [-0.15, -0.1) is 0 Å². The number of hydrogen-bond acceptors (Lipinski definition) is 3. The molecule has 0 aliphatic rings. The van der Waals surface area contributed by atoms with E-state index in [4.69, 9.17) is 10.5 Å². The Morgan fingerprint density at radius 2 is 2.33 bits per heavy atom. The maximum absolute atomic E-state index is 13.6. The second-order valence-electron chi connectivity index (χ2n) is 3.39. The largest absolute Gasteiger partial charge is 0.372 e. The lowest BCUT2D eigenvalue weighted by atomic mass is 10.2. The highest BCUT2D eigenvalue weighted by atomic mass is 19.1. The van der Waals surface area contributed by atoms with Crippen molar-refractivity contribution in [3.8, 4) is 11.8 Å². The molecule has 0 atom stereocenters. The van der Waals surface area contributed by atoms with Crippen molar-refractivity contribution in [2.24, 2.45) is 5.73 Å². The van der Waals surface area contributed by atoms with E-state index in [0.29, 0.717) is 12.2 Å². The van der Waals surface area contributed by atoms with E-state index in [1.807, 2.05) is 0 Å². The summed E-state index contributed by atoms with van der Waals surface area (Å²) in [7, 11) is 0. The monoisotopic (exact) mass is 250 g/mol. The van der Waals surface area contributed by atoms with E-state index in [9.17, 15) is 9.18 Å². The van der Waals surface area contributed by atoms with E-state index in [1.54, 1.807) is 13.0 Å². The number of ether oxygens (including phenoxy) is 1. The topological polar surface area (TPSA) is 64.3 Å². The highest BCUT2D eigenvalue weighted by Gasteiger charge is 2.07. The van der Waals surface area contributed by atoms with Crippen LogP contribution in [0.4, 0.5) is 10.1 Å². The Labute approximate surface area is 105 Å². The van der Waals surface area contributed by atoms with Crippen LogP contribution in [0, 0.1) is 17.7 Å². The fourth-order valence-electron chi connectivity index (χ4n) is 1.23. The first-order chi connectivity index (χ1) is 8.67. The van der Waals surface area contributed by atoms with Crippen molar-refractivity contribution in [1.29, 1.82) is 0 Å². The molecule has 1 aromatic carbocycles. The molecule has 1 rings (SSSR count). The van der Waals surface area contributed by atoms with Crippen LogP contribution in [-0.4, -0.2) is 25.7 Å².